The van der Waals surface area contributed by atoms with Gasteiger partial charge < -0.3 is 9.64 Å². The van der Waals surface area contributed by atoms with E-state index in [2.05, 4.69) is 20.0 Å². The van der Waals surface area contributed by atoms with Crippen LogP contribution in [-0.4, -0.2) is 41.2 Å². The number of ether oxygens (including phenoxy) is 1. The lowest BCUT2D eigenvalue weighted by Gasteiger charge is -2.34. The molecular formula is C21H27N2O3S+. The van der Waals surface area contributed by atoms with Gasteiger partial charge in [0, 0.05) is 6.42 Å². The van der Waals surface area contributed by atoms with Gasteiger partial charge in [-0.1, -0.05) is 17.7 Å². The molecule has 0 spiro atoms. The van der Waals surface area contributed by atoms with Crippen LogP contribution in [0.25, 0.3) is 0 Å². The highest BCUT2D eigenvalue weighted by atomic mass is 32.2. The van der Waals surface area contributed by atoms with Crippen molar-refractivity contribution in [2.45, 2.75) is 37.1 Å². The number of nitrogens with one attached hydrogen (secondary N) is 1. The molecule has 1 fully saturated rings. The van der Waals surface area contributed by atoms with Crippen LogP contribution in [0.4, 0.5) is 5.69 Å². The Bertz CT molecular complexity index is 940. The molecular weight excluding hydrogens is 360 g/mol. The van der Waals surface area contributed by atoms with Gasteiger partial charge in [0.05, 0.1) is 49.3 Å². The Labute approximate surface area is 161 Å². The monoisotopic (exact) mass is 387 g/mol. The van der Waals surface area contributed by atoms with Crippen LogP contribution in [-0.2, 0) is 10.0 Å². The number of hydrogen-bond donors (Lipinski definition) is 1. The number of nitrogens with zero attached hydrogens (tertiary/aromatic N) is 1. The molecule has 6 heteroatoms. The highest BCUT2D eigenvalue weighted by molar-refractivity contribution is 7.92. The quantitative estimate of drug-likeness (QED) is 0.873. The molecule has 1 saturated heterocycles. The number of likely N-dealkylation sites (N-methyl/N-ethyl adjacent to an activating group) is 1. The van der Waals surface area contributed by atoms with Gasteiger partial charge in [-0.2, -0.15) is 0 Å². The van der Waals surface area contributed by atoms with E-state index in [1.807, 2.05) is 19.1 Å². The lowest BCUT2D eigenvalue weighted by atomic mass is 9.89. The summed E-state index contributed by atoms with van der Waals surface area (Å²) in [6, 6.07) is 12.9. The third kappa shape index (κ3) is 3.11. The van der Waals surface area contributed by atoms with E-state index in [9.17, 15) is 8.42 Å². The molecule has 3 atom stereocenters. The molecule has 0 bridgehead atoms. The number of fused-ring (bicyclic) bond motifs is 3. The summed E-state index contributed by atoms with van der Waals surface area (Å²) in [4.78, 5) is 1.79. The second-order valence-electron chi connectivity index (χ2n) is 7.64. The molecule has 0 radical (unpaired) electrons. The predicted octanol–water partition coefficient (Wildman–Crippen LogP) is 1.97. The zero-order valence-electron chi connectivity index (χ0n) is 16.1. The number of benzene rings is 2. The Hall–Kier alpha value is -2.05. The van der Waals surface area contributed by atoms with Gasteiger partial charge in [-0.05, 0) is 49.7 Å². The first-order chi connectivity index (χ1) is 12.9. The molecule has 2 aromatic carbocycles. The Morgan fingerprint density at radius 3 is 2.63 bits per heavy atom. The summed E-state index contributed by atoms with van der Waals surface area (Å²) in [5, 5.41) is 0. The average Bonchev–Trinajstić information content (AvgIpc) is 2.96. The molecule has 1 unspecified atom stereocenters. The lowest BCUT2D eigenvalue weighted by molar-refractivity contribution is -0.886. The van der Waals surface area contributed by atoms with Crippen LogP contribution in [0.1, 0.15) is 30.4 Å². The topological polar surface area (TPSA) is 51.1 Å². The van der Waals surface area contributed by atoms with Crippen LogP contribution in [0.5, 0.6) is 5.75 Å². The Morgan fingerprint density at radius 1 is 1.19 bits per heavy atom. The number of anilines is 1. The number of quaternary nitrogens is 1. The highest BCUT2D eigenvalue weighted by Crippen LogP contribution is 2.45. The molecule has 144 valence electrons. The van der Waals surface area contributed by atoms with E-state index in [0.29, 0.717) is 17.3 Å². The standard InChI is InChI=1S/C21H26N2O3S/c1-4-26-16-6-8-17(9-7-16)27(24,25)23-20-10-5-15(2)13-18(20)19-14-22(3)12-11-21(19)23/h5-10,13,19,21H,4,11-12,14H2,1-3H3/p+1/t19-,21-/m0/s1. The Kier molecular flexibility index (Phi) is 4.64. The third-order valence-corrected chi connectivity index (χ3v) is 7.57. The highest BCUT2D eigenvalue weighted by Gasteiger charge is 2.48. The maximum Gasteiger partial charge on any atom is 0.264 e. The molecule has 5 nitrogen and oxygen atoms in total. The largest absolute Gasteiger partial charge is 0.494 e. The van der Waals surface area contributed by atoms with Crippen molar-refractivity contribution in [2.24, 2.45) is 0 Å². The molecule has 27 heavy (non-hydrogen) atoms. The summed E-state index contributed by atoms with van der Waals surface area (Å²) in [6.07, 6.45) is 0.875. The molecule has 4 rings (SSSR count). The molecule has 1 N–H and O–H groups in total. The summed E-state index contributed by atoms with van der Waals surface area (Å²) in [5.74, 6) is 0.945. The van der Waals surface area contributed by atoms with Gasteiger partial charge in [-0.3, -0.25) is 4.31 Å². The predicted molar refractivity (Wildman–Crippen MR) is 106 cm³/mol. The first kappa shape index (κ1) is 18.3. The van der Waals surface area contributed by atoms with Gasteiger partial charge in [-0.15, -0.1) is 0 Å². The maximum absolute atomic E-state index is 13.6. The summed E-state index contributed by atoms with van der Waals surface area (Å²) >= 11 is 0. The van der Waals surface area contributed by atoms with E-state index in [1.165, 1.54) is 16.0 Å². The fourth-order valence-electron chi connectivity index (χ4n) is 4.45. The molecule has 0 amide bonds. The SMILES string of the molecule is CCOc1ccc(S(=O)(=O)N2c3ccc(C)cc3[C@@H]3C[NH+](C)CC[C@@H]32)cc1. The zero-order valence-corrected chi connectivity index (χ0v) is 16.9. The molecule has 0 saturated carbocycles. The van der Waals surface area contributed by atoms with E-state index in [-0.39, 0.29) is 12.0 Å². The van der Waals surface area contributed by atoms with Gasteiger partial charge in [0.25, 0.3) is 10.0 Å². The Morgan fingerprint density at radius 2 is 1.93 bits per heavy atom. The lowest BCUT2D eigenvalue weighted by Crippen LogP contribution is -3.11. The number of likely N-dealkylation sites (tertiary alicyclic amines) is 1. The fraction of sp³-hybridized carbons (Fsp3) is 0.429. The first-order valence-corrected chi connectivity index (χ1v) is 11.0. The second-order valence-corrected chi connectivity index (χ2v) is 9.46. The number of piperidine rings is 1. The number of hydrogen-bond acceptors (Lipinski definition) is 3. The Balaban J connectivity index is 1.77. The van der Waals surface area contributed by atoms with Crippen LogP contribution in [0.15, 0.2) is 47.4 Å². The van der Waals surface area contributed by atoms with Crippen molar-refractivity contribution in [3.05, 3.63) is 53.6 Å². The van der Waals surface area contributed by atoms with E-state index < -0.39 is 10.0 Å². The minimum atomic E-state index is -3.62. The van der Waals surface area contributed by atoms with Crippen LogP contribution < -0.4 is 13.9 Å². The third-order valence-electron chi connectivity index (χ3n) is 5.71. The van der Waals surface area contributed by atoms with Crippen molar-refractivity contribution < 1.29 is 18.1 Å². The normalized spacial score (nSPS) is 24.4. The van der Waals surface area contributed by atoms with E-state index in [4.69, 9.17) is 4.74 Å². The van der Waals surface area contributed by atoms with Crippen molar-refractivity contribution in [3.63, 3.8) is 0 Å². The summed E-state index contributed by atoms with van der Waals surface area (Å²) in [6.45, 7) is 6.50. The van der Waals surface area contributed by atoms with Crippen molar-refractivity contribution in [2.75, 3.05) is 31.0 Å². The molecule has 2 heterocycles. The zero-order chi connectivity index (χ0) is 19.2. The molecule has 2 aromatic rings. The van der Waals surface area contributed by atoms with Gasteiger partial charge in [0.15, 0.2) is 0 Å². The van der Waals surface area contributed by atoms with Gasteiger partial charge in [-0.25, -0.2) is 8.42 Å². The smallest absolute Gasteiger partial charge is 0.264 e. The minimum absolute atomic E-state index is 0.00192. The number of aryl methyl sites for hydroxylation is 1. The van der Waals surface area contributed by atoms with Crippen LogP contribution in [0, 0.1) is 6.92 Å². The van der Waals surface area contributed by atoms with Crippen molar-refractivity contribution in [3.8, 4) is 5.75 Å². The summed E-state index contributed by atoms with van der Waals surface area (Å²) < 4.78 is 34.3. The van der Waals surface area contributed by atoms with Crippen molar-refractivity contribution in [1.29, 1.82) is 0 Å². The minimum Gasteiger partial charge on any atom is -0.494 e. The van der Waals surface area contributed by atoms with Gasteiger partial charge >= 0.3 is 0 Å². The van der Waals surface area contributed by atoms with Crippen LogP contribution in [0.3, 0.4) is 0 Å². The van der Waals surface area contributed by atoms with Gasteiger partial charge in [0.2, 0.25) is 0 Å². The average molecular weight is 388 g/mol. The summed E-state index contributed by atoms with van der Waals surface area (Å²) in [5.41, 5.74) is 3.20. The maximum atomic E-state index is 13.6. The number of sulfonamides is 1. The molecule has 2 aliphatic rings. The first-order valence-electron chi connectivity index (χ1n) is 9.61. The fourth-order valence-corrected chi connectivity index (χ4v) is 6.19. The second kappa shape index (κ2) is 6.84. The van der Waals surface area contributed by atoms with E-state index >= 15 is 0 Å². The van der Waals surface area contributed by atoms with Crippen molar-refractivity contribution in [1.82, 2.24) is 0 Å². The van der Waals surface area contributed by atoms with E-state index in [0.717, 1.165) is 25.2 Å². The molecule has 0 aromatic heterocycles. The van der Waals surface area contributed by atoms with Crippen LogP contribution in [0.2, 0.25) is 0 Å². The molecule has 2 aliphatic heterocycles. The van der Waals surface area contributed by atoms with E-state index in [1.54, 1.807) is 28.6 Å². The summed E-state index contributed by atoms with van der Waals surface area (Å²) in [7, 11) is -1.43. The van der Waals surface area contributed by atoms with Crippen LogP contribution >= 0.6 is 0 Å². The number of rotatable bonds is 4. The molecule has 0 aliphatic carbocycles. The van der Waals surface area contributed by atoms with Crippen molar-refractivity contribution >= 4 is 15.7 Å². The van der Waals surface area contributed by atoms with Gasteiger partial charge in [0.1, 0.15) is 5.75 Å².